The smallest absolute Gasteiger partial charge is 0.259 e. The highest BCUT2D eigenvalue weighted by atomic mass is 35.5. The highest BCUT2D eigenvalue weighted by molar-refractivity contribution is 7.89. The SMILES string of the molecule is Cc1cccc(C(=O)N2CCN(S(=O)(=O)c3c(C)nn(C)c3Cl)C2C(=O)NCCN)c1. The van der Waals surface area contributed by atoms with Crippen molar-refractivity contribution in [2.75, 3.05) is 26.2 Å². The van der Waals surface area contributed by atoms with E-state index in [1.165, 1.54) is 23.6 Å². The van der Waals surface area contributed by atoms with Gasteiger partial charge in [-0.05, 0) is 26.0 Å². The maximum atomic E-state index is 13.5. The third kappa shape index (κ3) is 4.31. The molecular formula is C19H25ClN6O4S. The van der Waals surface area contributed by atoms with E-state index in [0.29, 0.717) is 5.56 Å². The van der Waals surface area contributed by atoms with Crippen LogP contribution in [0.15, 0.2) is 29.2 Å². The number of rotatable bonds is 6. The largest absolute Gasteiger partial charge is 0.352 e. The van der Waals surface area contributed by atoms with Crippen molar-refractivity contribution in [3.8, 4) is 0 Å². The van der Waals surface area contributed by atoms with E-state index in [0.717, 1.165) is 9.87 Å². The number of carbonyl (C=O) groups excluding carboxylic acids is 2. The Morgan fingerprint density at radius 3 is 2.58 bits per heavy atom. The lowest BCUT2D eigenvalue weighted by molar-refractivity contribution is -0.127. The third-order valence-corrected chi connectivity index (χ3v) is 7.55. The van der Waals surface area contributed by atoms with Gasteiger partial charge in [0.2, 0.25) is 10.0 Å². The first-order valence-electron chi connectivity index (χ1n) is 9.66. The van der Waals surface area contributed by atoms with Gasteiger partial charge in [-0.2, -0.15) is 9.40 Å². The molecule has 10 nitrogen and oxygen atoms in total. The van der Waals surface area contributed by atoms with Crippen molar-refractivity contribution >= 4 is 33.4 Å². The number of hydrogen-bond donors (Lipinski definition) is 2. The van der Waals surface area contributed by atoms with Crippen LogP contribution in [-0.2, 0) is 21.9 Å². The summed E-state index contributed by atoms with van der Waals surface area (Å²) in [5.41, 5.74) is 6.92. The van der Waals surface area contributed by atoms with Crippen LogP contribution in [0.4, 0.5) is 0 Å². The van der Waals surface area contributed by atoms with Gasteiger partial charge in [0, 0.05) is 38.8 Å². The molecule has 31 heavy (non-hydrogen) atoms. The van der Waals surface area contributed by atoms with E-state index in [1.807, 2.05) is 13.0 Å². The molecule has 1 fully saturated rings. The zero-order chi connectivity index (χ0) is 22.9. The third-order valence-electron chi connectivity index (χ3n) is 5.00. The molecule has 1 saturated heterocycles. The normalized spacial score (nSPS) is 17.2. The second-order valence-corrected chi connectivity index (χ2v) is 9.45. The van der Waals surface area contributed by atoms with Gasteiger partial charge >= 0.3 is 0 Å². The first-order chi connectivity index (χ1) is 14.6. The molecule has 3 rings (SSSR count). The zero-order valence-electron chi connectivity index (χ0n) is 17.5. The van der Waals surface area contributed by atoms with Crippen LogP contribution in [-0.4, -0.2) is 71.6 Å². The Kier molecular flexibility index (Phi) is 6.70. The van der Waals surface area contributed by atoms with Crippen molar-refractivity contribution in [3.05, 3.63) is 46.2 Å². The lowest BCUT2D eigenvalue weighted by Crippen LogP contribution is -2.54. The molecule has 1 aliphatic heterocycles. The monoisotopic (exact) mass is 468 g/mol. The molecule has 3 N–H and O–H groups in total. The minimum Gasteiger partial charge on any atom is -0.352 e. The van der Waals surface area contributed by atoms with Crippen LogP contribution < -0.4 is 11.1 Å². The summed E-state index contributed by atoms with van der Waals surface area (Å²) in [6, 6.07) is 6.89. The number of nitrogens with two attached hydrogens (primary N) is 1. The average Bonchev–Trinajstić information content (AvgIpc) is 3.27. The molecule has 0 radical (unpaired) electrons. The number of sulfonamides is 1. The summed E-state index contributed by atoms with van der Waals surface area (Å²) in [5.74, 6) is -1.08. The van der Waals surface area contributed by atoms with Gasteiger partial charge in [-0.15, -0.1) is 0 Å². The summed E-state index contributed by atoms with van der Waals surface area (Å²) in [7, 11) is -2.70. The number of hydrogen-bond acceptors (Lipinski definition) is 6. The molecule has 2 heterocycles. The predicted octanol–water partition coefficient (Wildman–Crippen LogP) is 0.238. The van der Waals surface area contributed by atoms with Crippen molar-refractivity contribution < 1.29 is 18.0 Å². The van der Waals surface area contributed by atoms with Gasteiger partial charge in [0.25, 0.3) is 11.8 Å². The molecule has 2 amide bonds. The van der Waals surface area contributed by atoms with Crippen molar-refractivity contribution in [3.63, 3.8) is 0 Å². The second-order valence-electron chi connectivity index (χ2n) is 7.27. The maximum Gasteiger partial charge on any atom is 0.259 e. The van der Waals surface area contributed by atoms with Gasteiger partial charge < -0.3 is 16.0 Å². The van der Waals surface area contributed by atoms with Crippen LogP contribution in [0.2, 0.25) is 5.15 Å². The Labute approximate surface area is 186 Å². The fourth-order valence-corrected chi connectivity index (χ4v) is 5.85. The molecule has 1 aromatic heterocycles. The van der Waals surface area contributed by atoms with Crippen molar-refractivity contribution in [1.29, 1.82) is 0 Å². The fourth-order valence-electron chi connectivity index (χ4n) is 3.59. The Morgan fingerprint density at radius 1 is 1.29 bits per heavy atom. The molecule has 0 bridgehead atoms. The van der Waals surface area contributed by atoms with E-state index in [2.05, 4.69) is 10.4 Å². The van der Waals surface area contributed by atoms with Crippen molar-refractivity contribution in [2.24, 2.45) is 12.8 Å². The van der Waals surface area contributed by atoms with Gasteiger partial charge in [0.05, 0.1) is 5.69 Å². The van der Waals surface area contributed by atoms with Gasteiger partial charge in [0.15, 0.2) is 6.17 Å². The van der Waals surface area contributed by atoms with Gasteiger partial charge in [-0.1, -0.05) is 29.3 Å². The minimum atomic E-state index is -4.22. The Balaban J connectivity index is 2.04. The zero-order valence-corrected chi connectivity index (χ0v) is 19.1. The lowest BCUT2D eigenvalue weighted by Gasteiger charge is -2.28. The van der Waals surface area contributed by atoms with Crippen LogP contribution in [0, 0.1) is 13.8 Å². The number of carbonyl (C=O) groups is 2. The Hall–Kier alpha value is -2.47. The molecule has 2 aromatic rings. The number of aromatic nitrogens is 2. The molecule has 0 spiro atoms. The molecule has 0 aliphatic carbocycles. The molecule has 1 unspecified atom stereocenters. The van der Waals surface area contributed by atoms with E-state index in [-0.39, 0.29) is 41.9 Å². The molecule has 168 valence electrons. The van der Waals surface area contributed by atoms with E-state index >= 15 is 0 Å². The van der Waals surface area contributed by atoms with Gasteiger partial charge in [-0.25, -0.2) is 8.42 Å². The quantitative estimate of drug-likeness (QED) is 0.624. The van der Waals surface area contributed by atoms with Crippen LogP contribution in [0.25, 0.3) is 0 Å². The molecule has 0 saturated carbocycles. The topological polar surface area (TPSA) is 131 Å². The number of nitrogens with one attached hydrogen (secondary N) is 1. The summed E-state index contributed by atoms with van der Waals surface area (Å²) < 4.78 is 29.2. The summed E-state index contributed by atoms with van der Waals surface area (Å²) in [6.07, 6.45) is -1.37. The molecule has 12 heteroatoms. The summed E-state index contributed by atoms with van der Waals surface area (Å²) >= 11 is 6.20. The minimum absolute atomic E-state index is 0.0453. The van der Waals surface area contributed by atoms with Gasteiger partial charge in [-0.3, -0.25) is 14.3 Å². The lowest BCUT2D eigenvalue weighted by atomic mass is 10.1. The van der Waals surface area contributed by atoms with E-state index in [9.17, 15) is 18.0 Å². The molecule has 1 aromatic carbocycles. The van der Waals surface area contributed by atoms with E-state index in [4.69, 9.17) is 17.3 Å². The average molecular weight is 469 g/mol. The maximum absolute atomic E-state index is 13.5. The Morgan fingerprint density at radius 2 is 2.00 bits per heavy atom. The standard InChI is InChI=1S/C19H25ClN6O4S/c1-12-5-4-6-14(11-12)19(28)25-9-10-26(18(25)17(27)22-8-7-21)31(29,30)15-13(2)23-24(3)16(15)20/h4-6,11,18H,7-10,21H2,1-3H3,(H,22,27). The van der Waals surface area contributed by atoms with E-state index < -0.39 is 28.0 Å². The van der Waals surface area contributed by atoms with Crippen LogP contribution in [0.3, 0.4) is 0 Å². The van der Waals surface area contributed by atoms with Crippen LogP contribution >= 0.6 is 11.6 Å². The first-order valence-corrected chi connectivity index (χ1v) is 11.5. The number of nitrogens with zero attached hydrogens (tertiary/aromatic N) is 4. The number of halogens is 1. The van der Waals surface area contributed by atoms with Crippen molar-refractivity contribution in [1.82, 2.24) is 24.3 Å². The summed E-state index contributed by atoms with van der Waals surface area (Å²) in [5, 5.41) is 6.59. The summed E-state index contributed by atoms with van der Waals surface area (Å²) in [4.78, 5) is 27.2. The number of amides is 2. The van der Waals surface area contributed by atoms with Crippen LogP contribution in [0.1, 0.15) is 21.6 Å². The summed E-state index contributed by atoms with van der Waals surface area (Å²) in [6.45, 7) is 3.66. The predicted molar refractivity (Wildman–Crippen MR) is 115 cm³/mol. The number of aryl methyl sites for hydroxylation is 3. The van der Waals surface area contributed by atoms with Crippen molar-refractivity contribution in [2.45, 2.75) is 24.9 Å². The molecule has 1 atom stereocenters. The highest BCUT2D eigenvalue weighted by Crippen LogP contribution is 2.31. The molecular weight excluding hydrogens is 444 g/mol. The highest BCUT2D eigenvalue weighted by Gasteiger charge is 2.48. The number of benzene rings is 1. The van der Waals surface area contributed by atoms with Crippen LogP contribution in [0.5, 0.6) is 0 Å². The fraction of sp³-hybridized carbons (Fsp3) is 0.421. The second kappa shape index (κ2) is 8.95. The Bertz CT molecular complexity index is 1120. The first kappa shape index (κ1) is 23.2. The molecule has 1 aliphatic rings. The van der Waals surface area contributed by atoms with Gasteiger partial charge in [0.1, 0.15) is 10.0 Å². The van der Waals surface area contributed by atoms with E-state index in [1.54, 1.807) is 18.2 Å².